The van der Waals surface area contributed by atoms with Gasteiger partial charge in [0.2, 0.25) is 0 Å². The van der Waals surface area contributed by atoms with Crippen molar-refractivity contribution in [1.29, 1.82) is 0 Å². The molecule has 0 saturated carbocycles. The molecule has 0 rings (SSSR count). The molecule has 0 aromatic rings. The van der Waals surface area contributed by atoms with Gasteiger partial charge in [-0.2, -0.15) is 0 Å². The predicted molar refractivity (Wildman–Crippen MR) is 50.1 cm³/mol. The number of hydrogen-bond acceptors (Lipinski definition) is 1. The van der Waals surface area contributed by atoms with Gasteiger partial charge in [-0.3, -0.25) is 0 Å². The molecule has 0 aliphatic heterocycles. The fourth-order valence-corrected chi connectivity index (χ4v) is 0.911. The second-order valence-corrected chi connectivity index (χ2v) is 2.80. The fraction of sp³-hybridized carbons (Fsp3) is 0.500. The van der Waals surface area contributed by atoms with E-state index in [-0.39, 0.29) is 0 Å². The van der Waals surface area contributed by atoms with Crippen LogP contribution in [0.4, 0.5) is 0 Å². The van der Waals surface area contributed by atoms with E-state index in [1.807, 2.05) is 6.08 Å². The molecule has 0 aliphatic rings. The first-order valence-corrected chi connectivity index (χ1v) is 4.20. The minimum absolute atomic E-state index is 0.314. The minimum Gasteiger partial charge on any atom is -0.478 e. The Morgan fingerprint density at radius 1 is 1.33 bits per heavy atom. The molecular formula is C10H16O2. The number of hydrogen-bond donors (Lipinski definition) is 1. The van der Waals surface area contributed by atoms with E-state index in [0.29, 0.717) is 12.0 Å². The molecule has 0 heterocycles. The molecular weight excluding hydrogens is 152 g/mol. The Kier molecular flexibility index (Phi) is 6.07. The van der Waals surface area contributed by atoms with Gasteiger partial charge < -0.3 is 5.11 Å². The molecule has 1 N–H and O–H groups in total. The fourth-order valence-electron chi connectivity index (χ4n) is 0.911. The van der Waals surface area contributed by atoms with E-state index in [4.69, 9.17) is 5.11 Å². The third kappa shape index (κ3) is 5.71. The van der Waals surface area contributed by atoms with Gasteiger partial charge in [0, 0.05) is 5.57 Å². The Balaban J connectivity index is 3.25. The second-order valence-electron chi connectivity index (χ2n) is 2.80. The second kappa shape index (κ2) is 6.65. The van der Waals surface area contributed by atoms with Gasteiger partial charge in [0.15, 0.2) is 0 Å². The van der Waals surface area contributed by atoms with Crippen LogP contribution in [0.5, 0.6) is 0 Å². The van der Waals surface area contributed by atoms with Crippen molar-refractivity contribution in [1.82, 2.24) is 0 Å². The van der Waals surface area contributed by atoms with Gasteiger partial charge in [0.1, 0.15) is 0 Å². The molecule has 0 saturated heterocycles. The average Bonchev–Trinajstić information content (AvgIpc) is 2.03. The summed E-state index contributed by atoms with van der Waals surface area (Å²) < 4.78 is 0. The van der Waals surface area contributed by atoms with Gasteiger partial charge in [-0.15, -0.1) is 6.58 Å². The highest BCUT2D eigenvalue weighted by molar-refractivity contribution is 5.85. The summed E-state index contributed by atoms with van der Waals surface area (Å²) in [6.07, 6.45) is 6.56. The molecule has 2 heteroatoms. The molecule has 0 unspecified atom stereocenters. The van der Waals surface area contributed by atoms with Crippen molar-refractivity contribution < 1.29 is 9.90 Å². The Labute approximate surface area is 73.6 Å². The van der Waals surface area contributed by atoms with Crippen LogP contribution < -0.4 is 0 Å². The largest absolute Gasteiger partial charge is 0.478 e. The van der Waals surface area contributed by atoms with Crippen LogP contribution in [0.1, 0.15) is 32.1 Å². The third-order valence-electron chi connectivity index (χ3n) is 1.69. The van der Waals surface area contributed by atoms with Crippen LogP contribution in [0.2, 0.25) is 0 Å². The number of unbranched alkanes of at least 4 members (excludes halogenated alkanes) is 3. The first-order valence-electron chi connectivity index (χ1n) is 4.20. The van der Waals surface area contributed by atoms with Gasteiger partial charge in [-0.05, 0) is 25.7 Å². The van der Waals surface area contributed by atoms with E-state index in [1.54, 1.807) is 0 Å². The topological polar surface area (TPSA) is 37.3 Å². The molecule has 2 nitrogen and oxygen atoms in total. The van der Waals surface area contributed by atoms with E-state index >= 15 is 0 Å². The molecule has 68 valence electrons. The van der Waals surface area contributed by atoms with Gasteiger partial charge in [0.05, 0.1) is 0 Å². The van der Waals surface area contributed by atoms with Gasteiger partial charge >= 0.3 is 5.97 Å². The zero-order chi connectivity index (χ0) is 9.40. The van der Waals surface area contributed by atoms with Crippen molar-refractivity contribution in [3.63, 3.8) is 0 Å². The summed E-state index contributed by atoms with van der Waals surface area (Å²) in [7, 11) is 0. The van der Waals surface area contributed by atoms with Gasteiger partial charge in [-0.1, -0.05) is 19.1 Å². The quantitative estimate of drug-likeness (QED) is 0.360. The molecule has 0 amide bonds. The predicted octanol–water partition coefficient (Wildman–Crippen LogP) is 2.76. The summed E-state index contributed by atoms with van der Waals surface area (Å²) >= 11 is 0. The zero-order valence-corrected chi connectivity index (χ0v) is 7.38. The summed E-state index contributed by atoms with van der Waals surface area (Å²) in [5.41, 5.74) is 0.314. The lowest BCUT2D eigenvalue weighted by atomic mass is 10.1. The Bertz CT molecular complexity index is 171. The van der Waals surface area contributed by atoms with Crippen LogP contribution in [0.15, 0.2) is 24.8 Å². The van der Waals surface area contributed by atoms with E-state index in [1.165, 1.54) is 0 Å². The zero-order valence-electron chi connectivity index (χ0n) is 7.38. The molecule has 0 aromatic heterocycles. The summed E-state index contributed by atoms with van der Waals surface area (Å²) in [5, 5.41) is 8.47. The van der Waals surface area contributed by atoms with E-state index in [9.17, 15) is 4.79 Å². The first kappa shape index (κ1) is 11.0. The van der Waals surface area contributed by atoms with Crippen molar-refractivity contribution in [3.8, 4) is 0 Å². The minimum atomic E-state index is -0.876. The van der Waals surface area contributed by atoms with Gasteiger partial charge in [-0.25, -0.2) is 4.79 Å². The van der Waals surface area contributed by atoms with E-state index in [2.05, 4.69) is 13.2 Å². The number of allylic oxidation sites excluding steroid dienone is 1. The molecule has 12 heavy (non-hydrogen) atoms. The summed E-state index contributed by atoms with van der Waals surface area (Å²) in [6.45, 7) is 7.06. The lowest BCUT2D eigenvalue weighted by Gasteiger charge is -1.98. The number of carbonyl (C=O) groups is 1. The lowest BCUT2D eigenvalue weighted by molar-refractivity contribution is -0.132. The van der Waals surface area contributed by atoms with Crippen LogP contribution in [0, 0.1) is 0 Å². The Morgan fingerprint density at radius 3 is 2.50 bits per heavy atom. The van der Waals surface area contributed by atoms with Crippen molar-refractivity contribution in [2.24, 2.45) is 0 Å². The van der Waals surface area contributed by atoms with Crippen LogP contribution in [0.3, 0.4) is 0 Å². The molecule has 0 atom stereocenters. The molecule has 0 bridgehead atoms. The van der Waals surface area contributed by atoms with Crippen molar-refractivity contribution in [3.05, 3.63) is 24.8 Å². The van der Waals surface area contributed by atoms with Crippen LogP contribution in [-0.4, -0.2) is 11.1 Å². The van der Waals surface area contributed by atoms with Gasteiger partial charge in [0.25, 0.3) is 0 Å². The number of carboxylic acid groups (broad SMARTS) is 1. The van der Waals surface area contributed by atoms with Crippen molar-refractivity contribution >= 4 is 5.97 Å². The summed E-state index contributed by atoms with van der Waals surface area (Å²) in [6, 6.07) is 0. The average molecular weight is 168 g/mol. The highest BCUT2D eigenvalue weighted by Crippen LogP contribution is 2.08. The van der Waals surface area contributed by atoms with E-state index in [0.717, 1.165) is 25.7 Å². The van der Waals surface area contributed by atoms with Crippen molar-refractivity contribution in [2.45, 2.75) is 32.1 Å². The highest BCUT2D eigenvalue weighted by Gasteiger charge is 2.01. The lowest BCUT2D eigenvalue weighted by Crippen LogP contribution is -1.98. The van der Waals surface area contributed by atoms with Crippen molar-refractivity contribution in [2.75, 3.05) is 0 Å². The first-order chi connectivity index (χ1) is 5.68. The molecule has 0 radical (unpaired) electrons. The molecule has 0 spiro atoms. The Morgan fingerprint density at radius 2 is 2.00 bits per heavy atom. The van der Waals surface area contributed by atoms with E-state index < -0.39 is 5.97 Å². The maximum Gasteiger partial charge on any atom is 0.330 e. The number of aliphatic carboxylic acids is 1. The van der Waals surface area contributed by atoms with Crippen LogP contribution in [-0.2, 0) is 4.79 Å². The highest BCUT2D eigenvalue weighted by atomic mass is 16.4. The Hall–Kier alpha value is -1.05. The third-order valence-corrected chi connectivity index (χ3v) is 1.69. The summed E-state index contributed by atoms with van der Waals surface area (Å²) in [5.74, 6) is -0.876. The monoisotopic (exact) mass is 168 g/mol. The SMILES string of the molecule is C=CCCCCCC(=C)C(=O)O. The number of rotatable bonds is 7. The normalized spacial score (nSPS) is 9.33. The molecule has 0 fully saturated rings. The van der Waals surface area contributed by atoms with Crippen LogP contribution in [0.25, 0.3) is 0 Å². The summed E-state index contributed by atoms with van der Waals surface area (Å²) in [4.78, 5) is 10.3. The maximum atomic E-state index is 10.3. The smallest absolute Gasteiger partial charge is 0.330 e. The number of carboxylic acids is 1. The standard InChI is InChI=1S/C10H16O2/c1-3-4-5-6-7-8-9(2)10(11)12/h3H,1-2,4-8H2,(H,11,12). The maximum absolute atomic E-state index is 10.3. The molecule has 0 aromatic carbocycles. The van der Waals surface area contributed by atoms with Crippen LogP contribution >= 0.6 is 0 Å². The molecule has 0 aliphatic carbocycles.